The van der Waals surface area contributed by atoms with E-state index in [0.717, 1.165) is 54.4 Å². The van der Waals surface area contributed by atoms with Crippen LogP contribution in [0.2, 0.25) is 0 Å². The number of nitrogens with one attached hydrogen (secondary N) is 1. The van der Waals surface area contributed by atoms with Crippen molar-refractivity contribution in [2.75, 3.05) is 0 Å². The molecule has 10 aromatic rings. The van der Waals surface area contributed by atoms with Gasteiger partial charge in [0.25, 0.3) is 0 Å². The van der Waals surface area contributed by atoms with E-state index >= 15 is 0 Å². The largest absolute Gasteiger partial charge is 0.282 e. The fourth-order valence-electron chi connectivity index (χ4n) is 7.54. The van der Waals surface area contributed by atoms with Gasteiger partial charge in [-0.1, -0.05) is 133 Å². The summed E-state index contributed by atoms with van der Waals surface area (Å²) in [4.78, 5) is 10.2. The number of benzene rings is 8. The molecule has 0 fully saturated rings. The van der Waals surface area contributed by atoms with E-state index < -0.39 is 0 Å². The molecule has 8 aromatic carbocycles. The van der Waals surface area contributed by atoms with E-state index in [2.05, 4.69) is 164 Å². The van der Waals surface area contributed by atoms with E-state index in [4.69, 9.17) is 9.98 Å². The van der Waals surface area contributed by atoms with Crippen LogP contribution in [-0.2, 0) is 0 Å². The lowest BCUT2D eigenvalue weighted by atomic mass is 9.96. The summed E-state index contributed by atoms with van der Waals surface area (Å²) in [5.74, 6) is 0.662. The average molecular weight is 752 g/mol. The van der Waals surface area contributed by atoms with E-state index in [-0.39, 0.29) is 5.84 Å². The van der Waals surface area contributed by atoms with Crippen molar-refractivity contribution < 1.29 is 0 Å². The van der Waals surface area contributed by atoms with Gasteiger partial charge in [-0.25, -0.2) is 9.98 Å². The van der Waals surface area contributed by atoms with E-state index in [1.54, 1.807) is 22.7 Å². The molecule has 56 heavy (non-hydrogen) atoms. The first kappa shape index (κ1) is 33.8. The van der Waals surface area contributed by atoms with Gasteiger partial charge in [-0.05, 0) is 93.5 Å². The van der Waals surface area contributed by atoms with Crippen LogP contribution in [0.1, 0.15) is 16.7 Å². The van der Waals surface area contributed by atoms with Crippen molar-refractivity contribution >= 4 is 80.9 Å². The molecule has 0 aliphatic carbocycles. The molecule has 0 spiro atoms. The van der Waals surface area contributed by atoms with Gasteiger partial charge >= 0.3 is 0 Å². The molecule has 0 aliphatic heterocycles. The Balaban J connectivity index is 1.13. The highest BCUT2D eigenvalue weighted by Gasteiger charge is 2.16. The number of thiophene rings is 2. The molecule has 2 aromatic heterocycles. The maximum atomic E-state index is 9.50. The molecule has 3 nitrogen and oxygen atoms in total. The first-order valence-electron chi connectivity index (χ1n) is 18.6. The van der Waals surface area contributed by atoms with Crippen molar-refractivity contribution in [1.29, 1.82) is 5.41 Å². The molecule has 1 N–H and O–H groups in total. The minimum Gasteiger partial charge on any atom is -0.282 e. The highest BCUT2D eigenvalue weighted by atomic mass is 32.1. The molecule has 0 saturated heterocycles. The maximum Gasteiger partial charge on any atom is 0.163 e. The van der Waals surface area contributed by atoms with E-state index in [1.165, 1.54) is 36.0 Å². The van der Waals surface area contributed by atoms with Gasteiger partial charge in [-0.2, -0.15) is 0 Å². The van der Waals surface area contributed by atoms with Crippen LogP contribution in [-0.4, -0.2) is 17.9 Å². The van der Waals surface area contributed by atoms with Gasteiger partial charge in [-0.15, -0.1) is 22.7 Å². The summed E-state index contributed by atoms with van der Waals surface area (Å²) in [5, 5.41) is 14.2. The van der Waals surface area contributed by atoms with Crippen LogP contribution in [0, 0.1) is 5.41 Å². The second-order valence-corrected chi connectivity index (χ2v) is 15.9. The Hall–Kier alpha value is -6.79. The Bertz CT molecular complexity index is 3080. The van der Waals surface area contributed by atoms with Gasteiger partial charge in [0, 0.05) is 57.7 Å². The molecular weight excluding hydrogens is 719 g/mol. The SMILES string of the molecule is N=C(N=C(N=Cc1cc(-c2ccccc2)cc(-c2ccccc2)c1)c1cccc2c1sc1ccccc12)c1ccc2sc3cccc(-c4ccccc4)c3c2c1. The quantitative estimate of drug-likeness (QED) is 0.130. The van der Waals surface area contributed by atoms with E-state index in [0.29, 0.717) is 5.84 Å². The van der Waals surface area contributed by atoms with Gasteiger partial charge in [0.05, 0.1) is 0 Å². The second kappa shape index (κ2) is 14.5. The van der Waals surface area contributed by atoms with Gasteiger partial charge in [0.1, 0.15) is 0 Å². The lowest BCUT2D eigenvalue weighted by Gasteiger charge is -2.09. The number of aliphatic imine (C=N–C) groups is 2. The van der Waals surface area contributed by atoms with Crippen molar-refractivity contribution in [3.8, 4) is 33.4 Å². The standard InChI is InChI=1S/C51H33N3S2/c52-50(37-26-27-46-44(31-37)48-40(21-13-25-47(48)55-46)36-18-8-3-9-19-36)54-51(43-23-12-22-42-41-20-10-11-24-45(41)56-49(42)43)53-32-33-28-38(34-14-4-1-5-15-34)30-39(29-33)35-16-6-2-7-17-35/h1-32,52H. The van der Waals surface area contributed by atoms with Crippen LogP contribution in [0.5, 0.6) is 0 Å². The van der Waals surface area contributed by atoms with Crippen molar-refractivity contribution in [2.24, 2.45) is 9.98 Å². The van der Waals surface area contributed by atoms with E-state index in [1.807, 2.05) is 30.5 Å². The molecule has 264 valence electrons. The molecule has 0 amide bonds. The minimum atomic E-state index is 0.164. The van der Waals surface area contributed by atoms with Gasteiger partial charge < -0.3 is 0 Å². The van der Waals surface area contributed by atoms with Crippen molar-refractivity contribution in [3.63, 3.8) is 0 Å². The Kier molecular flexibility index (Phi) is 8.71. The Labute approximate surface area is 332 Å². The maximum absolute atomic E-state index is 9.50. The second-order valence-electron chi connectivity index (χ2n) is 13.8. The monoisotopic (exact) mass is 751 g/mol. The van der Waals surface area contributed by atoms with Gasteiger partial charge in [0.2, 0.25) is 0 Å². The molecule has 0 radical (unpaired) electrons. The third kappa shape index (κ3) is 6.33. The molecule has 0 atom stereocenters. The van der Waals surface area contributed by atoms with Crippen LogP contribution in [0.3, 0.4) is 0 Å². The lowest BCUT2D eigenvalue weighted by Crippen LogP contribution is -2.05. The smallest absolute Gasteiger partial charge is 0.163 e. The third-order valence-corrected chi connectivity index (χ3v) is 12.6. The first-order chi connectivity index (χ1) is 27.7. The minimum absolute atomic E-state index is 0.164. The zero-order chi connectivity index (χ0) is 37.4. The molecule has 0 bridgehead atoms. The summed E-state index contributed by atoms with van der Waals surface area (Å²) in [6.45, 7) is 0. The van der Waals surface area contributed by atoms with Crippen molar-refractivity contribution in [2.45, 2.75) is 0 Å². The summed E-state index contributed by atoms with van der Waals surface area (Å²) in [6, 6.07) is 65.6. The van der Waals surface area contributed by atoms with E-state index in [9.17, 15) is 5.41 Å². The Morgan fingerprint density at radius 3 is 1.80 bits per heavy atom. The fourth-order valence-corrected chi connectivity index (χ4v) is 9.87. The van der Waals surface area contributed by atoms with Crippen LogP contribution >= 0.6 is 22.7 Å². The average Bonchev–Trinajstić information content (AvgIpc) is 3.84. The van der Waals surface area contributed by atoms with Gasteiger partial charge in [0.15, 0.2) is 11.7 Å². The fraction of sp³-hybridized carbons (Fsp3) is 0. The molecule has 0 aliphatic rings. The molecule has 0 unspecified atom stereocenters. The predicted molar refractivity (Wildman–Crippen MR) is 242 cm³/mol. The van der Waals surface area contributed by atoms with Crippen LogP contribution < -0.4 is 0 Å². The highest BCUT2D eigenvalue weighted by molar-refractivity contribution is 7.26. The van der Waals surface area contributed by atoms with Crippen LogP contribution in [0.15, 0.2) is 198 Å². The summed E-state index contributed by atoms with van der Waals surface area (Å²) in [6.07, 6.45) is 1.90. The Morgan fingerprint density at radius 2 is 1.07 bits per heavy atom. The predicted octanol–water partition coefficient (Wildman–Crippen LogP) is 14.3. The molecule has 10 rings (SSSR count). The van der Waals surface area contributed by atoms with Crippen molar-refractivity contribution in [3.05, 3.63) is 205 Å². The topological polar surface area (TPSA) is 48.6 Å². The summed E-state index contributed by atoms with van der Waals surface area (Å²) < 4.78 is 4.72. The molecular formula is C51H33N3S2. The van der Waals surface area contributed by atoms with Crippen LogP contribution in [0.4, 0.5) is 0 Å². The number of hydrogen-bond acceptors (Lipinski definition) is 3. The number of nitrogens with zero attached hydrogens (tertiary/aromatic N) is 2. The number of amidine groups is 2. The Morgan fingerprint density at radius 1 is 0.464 bits per heavy atom. The van der Waals surface area contributed by atoms with Crippen LogP contribution in [0.25, 0.3) is 73.7 Å². The number of hydrogen-bond donors (Lipinski definition) is 1. The number of fused-ring (bicyclic) bond motifs is 6. The van der Waals surface area contributed by atoms with Crippen molar-refractivity contribution in [1.82, 2.24) is 0 Å². The molecule has 0 saturated carbocycles. The zero-order valence-corrected chi connectivity index (χ0v) is 31.8. The summed E-state index contributed by atoms with van der Waals surface area (Å²) >= 11 is 3.52. The molecule has 2 heterocycles. The highest BCUT2D eigenvalue weighted by Crippen LogP contribution is 2.41. The first-order valence-corrected chi connectivity index (χ1v) is 20.2. The number of rotatable bonds is 6. The summed E-state index contributed by atoms with van der Waals surface area (Å²) in [5.41, 5.74) is 9.46. The normalized spacial score (nSPS) is 12.0. The van der Waals surface area contributed by atoms with Gasteiger partial charge in [-0.3, -0.25) is 5.41 Å². The third-order valence-electron chi connectivity index (χ3n) is 10.2. The molecule has 5 heteroatoms. The lowest BCUT2D eigenvalue weighted by molar-refractivity contribution is 1.41. The summed E-state index contributed by atoms with van der Waals surface area (Å²) in [7, 11) is 0. The zero-order valence-electron chi connectivity index (χ0n) is 30.2.